The van der Waals surface area contributed by atoms with Crippen molar-refractivity contribution in [2.45, 2.75) is 25.7 Å². The summed E-state index contributed by atoms with van der Waals surface area (Å²) in [7, 11) is -3.13. The van der Waals surface area contributed by atoms with Gasteiger partial charge in [-0.2, -0.15) is 13.2 Å². The first kappa shape index (κ1) is 16.1. The number of hydrogen-bond acceptors (Lipinski definition) is 4. The minimum absolute atomic E-state index is 0.0690. The van der Waals surface area contributed by atoms with E-state index in [0.29, 0.717) is 5.69 Å². The number of rotatable bonds is 2. The van der Waals surface area contributed by atoms with E-state index in [4.69, 9.17) is 5.11 Å². The van der Waals surface area contributed by atoms with Gasteiger partial charge in [0.15, 0.2) is 9.84 Å². The minimum atomic E-state index is -4.56. The van der Waals surface area contributed by atoms with E-state index in [9.17, 15) is 21.6 Å². The number of hydrogen-bond donors (Lipinski definition) is 1. The van der Waals surface area contributed by atoms with Crippen LogP contribution in [0.1, 0.15) is 18.1 Å². The molecular weight excluding hydrogens is 307 g/mol. The molecule has 21 heavy (non-hydrogen) atoms. The predicted octanol–water partition coefficient (Wildman–Crippen LogP) is 1.82. The van der Waals surface area contributed by atoms with Gasteiger partial charge in [-0.1, -0.05) is 6.07 Å². The maximum atomic E-state index is 13.0. The summed E-state index contributed by atoms with van der Waals surface area (Å²) in [6.45, 7) is 1.14. The molecule has 0 aromatic heterocycles. The molecule has 8 heteroatoms. The summed E-state index contributed by atoms with van der Waals surface area (Å²) in [6.07, 6.45) is -4.56. The molecule has 4 nitrogen and oxygen atoms in total. The molecule has 1 saturated heterocycles. The molecule has 1 fully saturated rings. The van der Waals surface area contributed by atoms with E-state index in [0.717, 1.165) is 6.07 Å². The number of aliphatic hydroxyl groups excluding tert-OH is 1. The van der Waals surface area contributed by atoms with Crippen LogP contribution in [-0.4, -0.2) is 37.6 Å². The Kier molecular flexibility index (Phi) is 4.21. The van der Waals surface area contributed by atoms with Crippen LogP contribution in [0.25, 0.3) is 0 Å². The van der Waals surface area contributed by atoms with Crippen LogP contribution in [0.2, 0.25) is 0 Å². The van der Waals surface area contributed by atoms with Gasteiger partial charge in [0.25, 0.3) is 0 Å². The molecule has 1 N–H and O–H groups in total. The summed E-state index contributed by atoms with van der Waals surface area (Å²) in [6, 6.07) is 3.30. The van der Waals surface area contributed by atoms with E-state index < -0.39 is 28.2 Å². The molecule has 0 radical (unpaired) electrons. The lowest BCUT2D eigenvalue weighted by atomic mass is 10.1. The summed E-state index contributed by atoms with van der Waals surface area (Å²) < 4.78 is 62.0. The molecule has 1 unspecified atom stereocenters. The molecule has 0 aliphatic carbocycles. The highest BCUT2D eigenvalue weighted by Gasteiger charge is 2.35. The van der Waals surface area contributed by atoms with Crippen LogP contribution in [0, 0.1) is 0 Å². The first-order chi connectivity index (χ1) is 9.64. The van der Waals surface area contributed by atoms with Gasteiger partial charge in [-0.3, -0.25) is 0 Å². The van der Waals surface area contributed by atoms with Gasteiger partial charge in [0.1, 0.15) is 0 Å². The summed E-state index contributed by atoms with van der Waals surface area (Å²) in [5, 5.41) is 9.01. The summed E-state index contributed by atoms with van der Waals surface area (Å²) >= 11 is 0. The number of aliphatic hydroxyl groups is 1. The topological polar surface area (TPSA) is 57.6 Å². The van der Waals surface area contributed by atoms with Crippen LogP contribution >= 0.6 is 0 Å². The van der Waals surface area contributed by atoms with E-state index in [2.05, 4.69) is 0 Å². The minimum Gasteiger partial charge on any atom is -0.392 e. The molecule has 1 heterocycles. The van der Waals surface area contributed by atoms with Crippen molar-refractivity contribution in [3.8, 4) is 0 Å². The average molecular weight is 323 g/mol. The molecular formula is C13H16F3NO3S. The molecule has 1 aromatic carbocycles. The summed E-state index contributed by atoms with van der Waals surface area (Å²) in [5.41, 5.74) is -0.756. The van der Waals surface area contributed by atoms with Gasteiger partial charge in [-0.05, 0) is 24.6 Å². The first-order valence-corrected chi connectivity index (χ1v) is 8.24. The van der Waals surface area contributed by atoms with Crippen molar-refractivity contribution in [2.75, 3.05) is 23.0 Å². The highest BCUT2D eigenvalue weighted by Crippen LogP contribution is 2.35. The third-order valence-corrected chi connectivity index (χ3v) is 5.37. The molecule has 0 spiro atoms. The van der Waals surface area contributed by atoms with E-state index in [1.54, 1.807) is 11.8 Å². The molecule has 2 rings (SSSR count). The fourth-order valence-corrected chi connectivity index (χ4v) is 4.08. The lowest BCUT2D eigenvalue weighted by molar-refractivity contribution is -0.138. The molecule has 0 bridgehead atoms. The standard InChI is InChI=1S/C13H16F3NO3S/c1-9-8-21(19,20)5-4-17(9)11-3-2-10(7-18)12(6-11)13(14,15)16/h2-3,6,9,18H,4-5,7-8H2,1H3. The van der Waals surface area contributed by atoms with Crippen molar-refractivity contribution in [3.63, 3.8) is 0 Å². The second-order valence-electron chi connectivity index (χ2n) is 5.15. The normalized spacial score (nSPS) is 22.3. The van der Waals surface area contributed by atoms with E-state index in [1.807, 2.05) is 0 Å². The van der Waals surface area contributed by atoms with Gasteiger partial charge in [-0.25, -0.2) is 8.42 Å². The van der Waals surface area contributed by atoms with Crippen molar-refractivity contribution in [1.29, 1.82) is 0 Å². The average Bonchev–Trinajstić information content (AvgIpc) is 2.36. The molecule has 1 aliphatic rings. The fourth-order valence-electron chi connectivity index (χ4n) is 2.53. The molecule has 0 saturated carbocycles. The molecule has 1 atom stereocenters. The Bertz CT molecular complexity index is 628. The number of sulfone groups is 1. The maximum absolute atomic E-state index is 13.0. The van der Waals surface area contributed by atoms with Crippen LogP contribution in [0.15, 0.2) is 18.2 Å². The first-order valence-electron chi connectivity index (χ1n) is 6.42. The van der Waals surface area contributed by atoms with Crippen molar-refractivity contribution in [1.82, 2.24) is 0 Å². The highest BCUT2D eigenvalue weighted by atomic mass is 32.2. The predicted molar refractivity (Wildman–Crippen MR) is 72.8 cm³/mol. The van der Waals surface area contributed by atoms with Gasteiger partial charge >= 0.3 is 6.18 Å². The largest absolute Gasteiger partial charge is 0.416 e. The number of benzene rings is 1. The Morgan fingerprint density at radius 1 is 1.38 bits per heavy atom. The molecule has 1 aliphatic heterocycles. The zero-order valence-corrected chi connectivity index (χ0v) is 12.2. The second kappa shape index (κ2) is 5.49. The van der Waals surface area contributed by atoms with Gasteiger partial charge in [0.05, 0.1) is 23.7 Å². The third-order valence-electron chi connectivity index (χ3n) is 3.57. The van der Waals surface area contributed by atoms with Crippen LogP contribution in [0.5, 0.6) is 0 Å². The molecule has 118 valence electrons. The highest BCUT2D eigenvalue weighted by molar-refractivity contribution is 7.91. The van der Waals surface area contributed by atoms with Crippen molar-refractivity contribution in [3.05, 3.63) is 29.3 Å². The SMILES string of the molecule is CC1CS(=O)(=O)CCN1c1ccc(CO)c(C(F)(F)F)c1. The van der Waals surface area contributed by atoms with E-state index >= 15 is 0 Å². The Hall–Kier alpha value is -1.28. The zero-order chi connectivity index (χ0) is 15.8. The summed E-state index contributed by atoms with van der Waals surface area (Å²) in [4.78, 5) is 1.65. The van der Waals surface area contributed by atoms with E-state index in [-0.39, 0.29) is 29.7 Å². The summed E-state index contributed by atoms with van der Waals surface area (Å²) in [5.74, 6) is -0.142. The lowest BCUT2D eigenvalue weighted by Crippen LogP contribution is -2.47. The number of anilines is 1. The quantitative estimate of drug-likeness (QED) is 0.902. The number of halogens is 3. The van der Waals surface area contributed by atoms with Crippen LogP contribution < -0.4 is 4.90 Å². The number of nitrogens with zero attached hydrogens (tertiary/aromatic N) is 1. The molecule has 0 amide bonds. The van der Waals surface area contributed by atoms with Gasteiger partial charge < -0.3 is 10.0 Å². The zero-order valence-electron chi connectivity index (χ0n) is 11.4. The van der Waals surface area contributed by atoms with Gasteiger partial charge in [0, 0.05) is 18.3 Å². The van der Waals surface area contributed by atoms with Crippen molar-refractivity contribution >= 4 is 15.5 Å². The van der Waals surface area contributed by atoms with Gasteiger partial charge in [0.2, 0.25) is 0 Å². The third kappa shape index (κ3) is 3.49. The molecule has 1 aromatic rings. The second-order valence-corrected chi connectivity index (χ2v) is 7.38. The van der Waals surface area contributed by atoms with Crippen LogP contribution in [0.4, 0.5) is 18.9 Å². The van der Waals surface area contributed by atoms with Crippen molar-refractivity contribution in [2.24, 2.45) is 0 Å². The Labute approximate surface area is 121 Å². The Balaban J connectivity index is 2.37. The lowest BCUT2D eigenvalue weighted by Gasteiger charge is -2.35. The maximum Gasteiger partial charge on any atom is 0.416 e. The Morgan fingerprint density at radius 2 is 2.05 bits per heavy atom. The van der Waals surface area contributed by atoms with Crippen LogP contribution in [0.3, 0.4) is 0 Å². The number of alkyl halides is 3. The van der Waals surface area contributed by atoms with Crippen LogP contribution in [-0.2, 0) is 22.6 Å². The smallest absolute Gasteiger partial charge is 0.392 e. The van der Waals surface area contributed by atoms with E-state index in [1.165, 1.54) is 12.1 Å². The Morgan fingerprint density at radius 3 is 2.57 bits per heavy atom. The fraction of sp³-hybridized carbons (Fsp3) is 0.538. The van der Waals surface area contributed by atoms with Crippen molar-refractivity contribution < 1.29 is 26.7 Å². The van der Waals surface area contributed by atoms with Gasteiger partial charge in [-0.15, -0.1) is 0 Å². The monoisotopic (exact) mass is 323 g/mol.